The van der Waals surface area contributed by atoms with Crippen LogP contribution >= 0.6 is 0 Å². The van der Waals surface area contributed by atoms with Gasteiger partial charge in [-0.3, -0.25) is 10.3 Å². The summed E-state index contributed by atoms with van der Waals surface area (Å²) >= 11 is 0. The van der Waals surface area contributed by atoms with Crippen molar-refractivity contribution in [3.8, 4) is 0 Å². The number of alkyl halides is 3. The number of halogens is 4. The molecule has 1 fully saturated rings. The number of para-hydroxylation sites is 1. The standard InChI is InChI=1S/C21H19F4N3O2/c22-16-3-1-2-4-17(16)26-19(29)28-11-9-20(10-12-28)13-18(27-30-20)14-5-7-15(8-6-14)21(23,24)25/h1-8,13,27H,9-12H2,(H,26,29). The Bertz CT molecular complexity index is 965. The molecule has 2 N–H and O–H groups in total. The summed E-state index contributed by atoms with van der Waals surface area (Å²) in [6.07, 6.45) is -1.55. The summed E-state index contributed by atoms with van der Waals surface area (Å²) in [4.78, 5) is 19.7. The van der Waals surface area contributed by atoms with Gasteiger partial charge in [0.25, 0.3) is 0 Å². The monoisotopic (exact) mass is 421 g/mol. The van der Waals surface area contributed by atoms with Gasteiger partial charge in [-0.05, 0) is 35.9 Å². The number of carbonyl (C=O) groups excluding carboxylic acids is 1. The Morgan fingerprint density at radius 1 is 1.07 bits per heavy atom. The van der Waals surface area contributed by atoms with E-state index in [1.54, 1.807) is 17.0 Å². The third kappa shape index (κ3) is 4.11. The third-order valence-corrected chi connectivity index (χ3v) is 5.31. The van der Waals surface area contributed by atoms with Gasteiger partial charge in [0.1, 0.15) is 11.4 Å². The van der Waals surface area contributed by atoms with Crippen LogP contribution in [0.1, 0.15) is 24.0 Å². The van der Waals surface area contributed by atoms with Crippen molar-refractivity contribution in [1.82, 2.24) is 10.4 Å². The molecule has 2 heterocycles. The number of anilines is 1. The van der Waals surface area contributed by atoms with Crippen molar-refractivity contribution in [2.24, 2.45) is 0 Å². The average Bonchev–Trinajstić information content (AvgIpc) is 3.13. The number of likely N-dealkylation sites (tertiary alicyclic amines) is 1. The second-order valence-corrected chi connectivity index (χ2v) is 7.30. The molecule has 0 aromatic heterocycles. The fraction of sp³-hybridized carbons (Fsp3) is 0.286. The summed E-state index contributed by atoms with van der Waals surface area (Å²) < 4.78 is 51.9. The van der Waals surface area contributed by atoms with E-state index in [1.165, 1.54) is 24.3 Å². The van der Waals surface area contributed by atoms with Crippen LogP contribution in [0.5, 0.6) is 0 Å². The van der Waals surface area contributed by atoms with E-state index >= 15 is 0 Å². The van der Waals surface area contributed by atoms with Gasteiger partial charge < -0.3 is 10.2 Å². The average molecular weight is 421 g/mol. The van der Waals surface area contributed by atoms with Crippen LogP contribution in [-0.4, -0.2) is 29.6 Å². The van der Waals surface area contributed by atoms with Crippen LogP contribution in [0.2, 0.25) is 0 Å². The van der Waals surface area contributed by atoms with Crippen LogP contribution in [0.15, 0.2) is 54.6 Å². The molecule has 0 atom stereocenters. The molecule has 4 rings (SSSR count). The van der Waals surface area contributed by atoms with Gasteiger partial charge >= 0.3 is 12.2 Å². The lowest BCUT2D eigenvalue weighted by atomic mass is 9.90. The van der Waals surface area contributed by atoms with Crippen molar-refractivity contribution < 1.29 is 27.2 Å². The number of nitrogens with one attached hydrogen (secondary N) is 2. The summed E-state index contributed by atoms with van der Waals surface area (Å²) in [7, 11) is 0. The molecule has 2 aromatic rings. The largest absolute Gasteiger partial charge is 0.416 e. The van der Waals surface area contributed by atoms with Crippen LogP contribution in [0.4, 0.5) is 28.0 Å². The second kappa shape index (κ2) is 7.64. The quantitative estimate of drug-likeness (QED) is 0.686. The molecular formula is C21H19F4N3O2. The van der Waals surface area contributed by atoms with E-state index in [0.717, 1.165) is 12.1 Å². The van der Waals surface area contributed by atoms with Crippen molar-refractivity contribution in [3.05, 3.63) is 71.6 Å². The third-order valence-electron chi connectivity index (χ3n) is 5.31. The smallest absolute Gasteiger partial charge is 0.324 e. The predicted octanol–water partition coefficient (Wildman–Crippen LogP) is 4.79. The molecule has 1 spiro atoms. The molecule has 0 aliphatic carbocycles. The van der Waals surface area contributed by atoms with Gasteiger partial charge in [0, 0.05) is 25.9 Å². The maximum absolute atomic E-state index is 13.7. The van der Waals surface area contributed by atoms with E-state index in [4.69, 9.17) is 4.84 Å². The maximum Gasteiger partial charge on any atom is 0.416 e. The first-order chi connectivity index (χ1) is 14.3. The molecule has 5 nitrogen and oxygen atoms in total. The van der Waals surface area contributed by atoms with Crippen molar-refractivity contribution in [2.45, 2.75) is 24.6 Å². The summed E-state index contributed by atoms with van der Waals surface area (Å²) in [6, 6.07) is 10.4. The van der Waals surface area contributed by atoms with E-state index in [-0.39, 0.29) is 5.69 Å². The first-order valence-corrected chi connectivity index (χ1v) is 9.41. The summed E-state index contributed by atoms with van der Waals surface area (Å²) in [5.41, 5.74) is 2.73. The SMILES string of the molecule is O=C(Nc1ccccc1F)N1CCC2(C=C(c3ccc(C(F)(F)F)cc3)NO2)CC1. The van der Waals surface area contributed by atoms with E-state index in [0.29, 0.717) is 37.2 Å². The Labute approximate surface area is 170 Å². The zero-order valence-corrected chi connectivity index (χ0v) is 15.8. The summed E-state index contributed by atoms with van der Waals surface area (Å²) in [5, 5.41) is 2.56. The number of rotatable bonds is 2. The number of piperidine rings is 1. The van der Waals surface area contributed by atoms with Crippen molar-refractivity contribution in [1.29, 1.82) is 0 Å². The van der Waals surface area contributed by atoms with Gasteiger partial charge in [-0.15, -0.1) is 0 Å². The minimum atomic E-state index is -4.39. The van der Waals surface area contributed by atoms with Crippen LogP contribution in [0, 0.1) is 5.82 Å². The highest BCUT2D eigenvalue weighted by Crippen LogP contribution is 2.36. The summed E-state index contributed by atoms with van der Waals surface area (Å²) in [6.45, 7) is 0.775. The minimum Gasteiger partial charge on any atom is -0.324 e. The topological polar surface area (TPSA) is 53.6 Å². The zero-order valence-electron chi connectivity index (χ0n) is 15.8. The zero-order chi connectivity index (χ0) is 21.4. The number of amides is 2. The molecule has 2 amide bonds. The van der Waals surface area contributed by atoms with Crippen LogP contribution in [0.3, 0.4) is 0 Å². The van der Waals surface area contributed by atoms with Crippen LogP contribution < -0.4 is 10.8 Å². The molecule has 0 radical (unpaired) electrons. The normalized spacial score (nSPS) is 18.1. The Kier molecular flexibility index (Phi) is 5.15. The lowest BCUT2D eigenvalue weighted by molar-refractivity contribution is -0.137. The lowest BCUT2D eigenvalue weighted by Gasteiger charge is -2.36. The maximum atomic E-state index is 13.7. The Morgan fingerprint density at radius 3 is 2.37 bits per heavy atom. The highest BCUT2D eigenvalue weighted by atomic mass is 19.4. The summed E-state index contributed by atoms with van der Waals surface area (Å²) in [5.74, 6) is -0.508. The Morgan fingerprint density at radius 2 is 1.73 bits per heavy atom. The molecule has 0 unspecified atom stereocenters. The van der Waals surface area contributed by atoms with E-state index in [1.807, 2.05) is 6.08 Å². The van der Waals surface area contributed by atoms with Gasteiger partial charge in [0.2, 0.25) is 0 Å². The number of hydrogen-bond donors (Lipinski definition) is 2. The van der Waals surface area contributed by atoms with E-state index in [9.17, 15) is 22.4 Å². The number of hydrogen-bond acceptors (Lipinski definition) is 3. The molecule has 158 valence electrons. The fourth-order valence-corrected chi connectivity index (χ4v) is 3.55. The number of benzene rings is 2. The van der Waals surface area contributed by atoms with Gasteiger partial charge in [-0.1, -0.05) is 24.3 Å². The Balaban J connectivity index is 1.39. The van der Waals surface area contributed by atoms with Crippen LogP contribution in [0.25, 0.3) is 5.70 Å². The predicted molar refractivity (Wildman–Crippen MR) is 103 cm³/mol. The molecule has 2 aliphatic heterocycles. The first-order valence-electron chi connectivity index (χ1n) is 9.41. The molecule has 1 saturated heterocycles. The highest BCUT2D eigenvalue weighted by Gasteiger charge is 2.40. The lowest BCUT2D eigenvalue weighted by Crippen LogP contribution is -2.48. The minimum absolute atomic E-state index is 0.117. The molecule has 2 aromatic carbocycles. The molecule has 9 heteroatoms. The van der Waals surface area contributed by atoms with Crippen molar-refractivity contribution in [2.75, 3.05) is 18.4 Å². The molecule has 2 aliphatic rings. The van der Waals surface area contributed by atoms with E-state index < -0.39 is 29.2 Å². The van der Waals surface area contributed by atoms with Crippen LogP contribution in [-0.2, 0) is 11.0 Å². The molecular weight excluding hydrogens is 402 g/mol. The van der Waals surface area contributed by atoms with Crippen molar-refractivity contribution in [3.63, 3.8) is 0 Å². The number of hydroxylamine groups is 1. The molecule has 30 heavy (non-hydrogen) atoms. The number of urea groups is 1. The van der Waals surface area contributed by atoms with Gasteiger partial charge in [0.05, 0.1) is 16.9 Å². The van der Waals surface area contributed by atoms with Gasteiger partial charge in [0.15, 0.2) is 0 Å². The van der Waals surface area contributed by atoms with Crippen molar-refractivity contribution >= 4 is 17.4 Å². The van der Waals surface area contributed by atoms with Gasteiger partial charge in [-0.2, -0.15) is 13.2 Å². The molecule has 0 bridgehead atoms. The fourth-order valence-electron chi connectivity index (χ4n) is 3.55. The van der Waals surface area contributed by atoms with Gasteiger partial charge in [-0.25, -0.2) is 9.18 Å². The first kappa shape index (κ1) is 20.2. The number of nitrogens with zero attached hydrogens (tertiary/aromatic N) is 1. The second-order valence-electron chi connectivity index (χ2n) is 7.30. The highest BCUT2D eigenvalue weighted by molar-refractivity contribution is 5.89. The molecule has 0 saturated carbocycles. The van der Waals surface area contributed by atoms with E-state index in [2.05, 4.69) is 10.8 Å². The number of carbonyl (C=O) groups is 1. The Hall–Kier alpha value is -3.07.